The summed E-state index contributed by atoms with van der Waals surface area (Å²) in [7, 11) is 0. The van der Waals surface area contributed by atoms with Crippen molar-refractivity contribution in [2.75, 3.05) is 11.9 Å². The average Bonchev–Trinajstić information content (AvgIpc) is 2.71. The van der Waals surface area contributed by atoms with E-state index in [1.807, 2.05) is 0 Å². The van der Waals surface area contributed by atoms with Gasteiger partial charge in [0.05, 0.1) is 24.2 Å². The van der Waals surface area contributed by atoms with Crippen LogP contribution in [0.3, 0.4) is 0 Å². The van der Waals surface area contributed by atoms with E-state index in [9.17, 15) is 13.6 Å². The Morgan fingerprint density at radius 2 is 1.87 bits per heavy atom. The molecule has 2 aromatic carbocycles. The van der Waals surface area contributed by atoms with E-state index in [-0.39, 0.29) is 29.7 Å². The molecule has 0 radical (unpaired) electrons. The van der Waals surface area contributed by atoms with Crippen molar-refractivity contribution in [2.24, 2.45) is 0 Å². The van der Waals surface area contributed by atoms with Crippen LogP contribution in [0.25, 0.3) is 5.69 Å². The largest absolute Gasteiger partial charge is 0.490 e. The maximum atomic E-state index is 12.6. The van der Waals surface area contributed by atoms with Crippen LogP contribution in [-0.2, 0) is 6.54 Å². The second-order valence-corrected chi connectivity index (χ2v) is 6.83. The molecule has 0 aliphatic heterocycles. The number of nitrogens with one attached hydrogen (secondary N) is 1. The quantitative estimate of drug-likeness (QED) is 0.508. The number of benzene rings is 2. The Morgan fingerprint density at radius 1 is 1.13 bits per heavy atom. The molecule has 0 spiro atoms. The lowest BCUT2D eigenvalue weighted by Crippen LogP contribution is -2.22. The van der Waals surface area contributed by atoms with Gasteiger partial charge in [0.1, 0.15) is 5.02 Å². The first-order chi connectivity index (χ1) is 14.4. The van der Waals surface area contributed by atoms with Gasteiger partial charge in [0.2, 0.25) is 0 Å². The molecule has 158 valence electrons. The summed E-state index contributed by atoms with van der Waals surface area (Å²) < 4.78 is 36.0. The fourth-order valence-corrected chi connectivity index (χ4v) is 2.97. The molecule has 0 aliphatic carbocycles. The summed E-state index contributed by atoms with van der Waals surface area (Å²) >= 11 is 12.1. The number of halogens is 4. The third-order valence-corrected chi connectivity index (χ3v) is 4.61. The summed E-state index contributed by atoms with van der Waals surface area (Å²) in [5.41, 5.74) is 1.06. The molecule has 1 aromatic heterocycles. The number of rotatable bonds is 8. The highest BCUT2D eigenvalue weighted by atomic mass is 35.5. The fraction of sp³-hybridized carbons (Fsp3) is 0.200. The Kier molecular flexibility index (Phi) is 7.12. The summed E-state index contributed by atoms with van der Waals surface area (Å²) in [4.78, 5) is 12.6. The molecule has 0 amide bonds. The van der Waals surface area contributed by atoms with Gasteiger partial charge < -0.3 is 14.8 Å². The minimum atomic E-state index is -2.95. The Labute approximate surface area is 180 Å². The van der Waals surface area contributed by atoms with Crippen molar-refractivity contribution < 1.29 is 18.3 Å². The lowest BCUT2D eigenvalue weighted by atomic mass is 10.2. The average molecular weight is 456 g/mol. The molecule has 1 N–H and O–H groups in total. The number of aromatic nitrogens is 2. The molecule has 1 heterocycles. The van der Waals surface area contributed by atoms with Gasteiger partial charge in [-0.25, -0.2) is 0 Å². The van der Waals surface area contributed by atoms with Crippen LogP contribution in [0.2, 0.25) is 10.0 Å². The first kappa shape index (κ1) is 21.9. The zero-order valence-electron chi connectivity index (χ0n) is 15.7. The first-order valence-electron chi connectivity index (χ1n) is 8.87. The van der Waals surface area contributed by atoms with Gasteiger partial charge in [-0.15, -0.1) is 0 Å². The topological polar surface area (TPSA) is 65.4 Å². The molecule has 0 bridgehead atoms. The molecule has 0 unspecified atom stereocenters. The van der Waals surface area contributed by atoms with Crippen molar-refractivity contribution >= 4 is 28.9 Å². The highest BCUT2D eigenvalue weighted by Gasteiger charge is 2.13. The summed E-state index contributed by atoms with van der Waals surface area (Å²) in [6.07, 6.45) is 1.43. The van der Waals surface area contributed by atoms with Crippen molar-refractivity contribution in [3.8, 4) is 17.2 Å². The van der Waals surface area contributed by atoms with Gasteiger partial charge in [-0.05, 0) is 48.9 Å². The van der Waals surface area contributed by atoms with Crippen LogP contribution in [0, 0.1) is 0 Å². The second kappa shape index (κ2) is 9.77. The summed E-state index contributed by atoms with van der Waals surface area (Å²) in [6, 6.07) is 11.2. The summed E-state index contributed by atoms with van der Waals surface area (Å²) in [5, 5.41) is 7.64. The molecule has 6 nitrogen and oxygen atoms in total. The molecule has 0 fully saturated rings. The molecule has 0 saturated carbocycles. The van der Waals surface area contributed by atoms with Crippen LogP contribution in [0.15, 0.2) is 53.5 Å². The molecular formula is C20H17Cl2F2N3O3. The van der Waals surface area contributed by atoms with E-state index < -0.39 is 12.2 Å². The van der Waals surface area contributed by atoms with Crippen molar-refractivity contribution in [1.82, 2.24) is 9.78 Å². The SMILES string of the molecule is CCOc1cc(CNc2cnn(-c3ccc(Cl)cc3)c(=O)c2Cl)ccc1OC(F)F. The van der Waals surface area contributed by atoms with E-state index >= 15 is 0 Å². The number of nitrogens with zero attached hydrogens (tertiary/aromatic N) is 2. The minimum absolute atomic E-state index is 0.0392. The lowest BCUT2D eigenvalue weighted by Gasteiger charge is -2.14. The molecule has 3 aromatic rings. The fourth-order valence-electron chi connectivity index (χ4n) is 2.64. The van der Waals surface area contributed by atoms with Crippen LogP contribution in [0.1, 0.15) is 12.5 Å². The third kappa shape index (κ3) is 5.20. The van der Waals surface area contributed by atoms with Gasteiger partial charge in [0.15, 0.2) is 11.5 Å². The van der Waals surface area contributed by atoms with Crippen LogP contribution in [-0.4, -0.2) is 23.0 Å². The van der Waals surface area contributed by atoms with Gasteiger partial charge >= 0.3 is 6.61 Å². The normalized spacial score (nSPS) is 10.9. The highest BCUT2D eigenvalue weighted by molar-refractivity contribution is 6.33. The Hall–Kier alpha value is -2.84. The first-order valence-corrected chi connectivity index (χ1v) is 9.62. The minimum Gasteiger partial charge on any atom is -0.490 e. The standard InChI is InChI=1S/C20H17Cl2F2N3O3/c1-2-29-17-9-12(3-8-16(17)30-20(23)24)10-25-15-11-26-27(19(28)18(15)22)14-6-4-13(21)5-7-14/h3-9,11,20,25H,2,10H2,1H3. The van der Waals surface area contributed by atoms with Gasteiger partial charge in [-0.3, -0.25) is 4.79 Å². The number of ether oxygens (including phenoxy) is 2. The third-order valence-electron chi connectivity index (χ3n) is 4.00. The van der Waals surface area contributed by atoms with Crippen molar-refractivity contribution in [2.45, 2.75) is 20.1 Å². The summed E-state index contributed by atoms with van der Waals surface area (Å²) in [5.74, 6) is 0.139. The van der Waals surface area contributed by atoms with Gasteiger partial charge in [-0.2, -0.15) is 18.6 Å². The molecular weight excluding hydrogens is 439 g/mol. The zero-order valence-corrected chi connectivity index (χ0v) is 17.3. The number of anilines is 1. The van der Waals surface area contributed by atoms with E-state index in [2.05, 4.69) is 15.2 Å². The monoisotopic (exact) mass is 455 g/mol. The number of alkyl halides is 2. The predicted molar refractivity (Wildman–Crippen MR) is 111 cm³/mol. The van der Waals surface area contributed by atoms with Crippen LogP contribution >= 0.6 is 23.2 Å². The summed E-state index contributed by atoms with van der Waals surface area (Å²) in [6.45, 7) is -0.682. The lowest BCUT2D eigenvalue weighted by molar-refractivity contribution is -0.0514. The van der Waals surface area contributed by atoms with Crippen LogP contribution in [0.5, 0.6) is 11.5 Å². The molecule has 0 aliphatic rings. The van der Waals surface area contributed by atoms with Crippen LogP contribution < -0.4 is 20.3 Å². The van der Waals surface area contributed by atoms with E-state index in [1.165, 1.54) is 12.3 Å². The van der Waals surface area contributed by atoms with Gasteiger partial charge in [-0.1, -0.05) is 29.3 Å². The van der Waals surface area contributed by atoms with E-state index in [0.717, 1.165) is 4.68 Å². The Morgan fingerprint density at radius 3 is 2.53 bits per heavy atom. The number of hydrogen-bond acceptors (Lipinski definition) is 5. The van der Waals surface area contributed by atoms with Gasteiger partial charge in [0.25, 0.3) is 5.56 Å². The zero-order chi connectivity index (χ0) is 21.7. The number of hydrogen-bond donors (Lipinski definition) is 1. The van der Waals surface area contributed by atoms with E-state index in [4.69, 9.17) is 27.9 Å². The van der Waals surface area contributed by atoms with Crippen molar-refractivity contribution in [3.63, 3.8) is 0 Å². The van der Waals surface area contributed by atoms with Crippen molar-refractivity contribution in [1.29, 1.82) is 0 Å². The molecule has 3 rings (SSSR count). The molecule has 10 heteroatoms. The van der Waals surface area contributed by atoms with Crippen LogP contribution in [0.4, 0.5) is 14.5 Å². The Bertz CT molecular complexity index is 1080. The van der Waals surface area contributed by atoms with E-state index in [0.29, 0.717) is 22.0 Å². The molecule has 0 atom stereocenters. The Balaban J connectivity index is 1.79. The molecule has 30 heavy (non-hydrogen) atoms. The van der Waals surface area contributed by atoms with Gasteiger partial charge in [0, 0.05) is 11.6 Å². The smallest absolute Gasteiger partial charge is 0.387 e. The second-order valence-electron chi connectivity index (χ2n) is 6.01. The van der Waals surface area contributed by atoms with E-state index in [1.54, 1.807) is 43.3 Å². The maximum absolute atomic E-state index is 12.6. The van der Waals surface area contributed by atoms with Crippen molar-refractivity contribution in [3.05, 3.63) is 74.6 Å². The highest BCUT2D eigenvalue weighted by Crippen LogP contribution is 2.30. The molecule has 0 saturated heterocycles. The maximum Gasteiger partial charge on any atom is 0.387 e. The predicted octanol–water partition coefficient (Wildman–Crippen LogP) is 5.15.